The number of aryl methyl sites for hydroxylation is 2. The maximum Gasteiger partial charge on any atom is 0.227 e. The van der Waals surface area contributed by atoms with Gasteiger partial charge in [-0.25, -0.2) is 4.39 Å². The molecule has 1 fully saturated rings. The Morgan fingerprint density at radius 3 is 2.81 bits per heavy atom. The van der Waals surface area contributed by atoms with E-state index in [2.05, 4.69) is 10.1 Å². The molecule has 1 aliphatic carbocycles. The summed E-state index contributed by atoms with van der Waals surface area (Å²) in [7, 11) is 1.45. The quantitative estimate of drug-likeness (QED) is 0.915. The molecule has 0 spiro atoms. The van der Waals surface area contributed by atoms with Crippen LogP contribution in [0.25, 0.3) is 0 Å². The van der Waals surface area contributed by atoms with Crippen LogP contribution in [0.15, 0.2) is 22.7 Å². The first-order valence-electron chi connectivity index (χ1n) is 7.05. The summed E-state index contributed by atoms with van der Waals surface area (Å²) in [5, 5.41) is 3.96. The lowest BCUT2D eigenvalue weighted by molar-refractivity contribution is 0.229. The van der Waals surface area contributed by atoms with Gasteiger partial charge in [0.15, 0.2) is 17.4 Å². The number of benzene rings is 1. The van der Waals surface area contributed by atoms with Crippen molar-refractivity contribution >= 4 is 0 Å². The largest absolute Gasteiger partial charge is 0.494 e. The van der Waals surface area contributed by atoms with E-state index in [0.717, 1.165) is 24.8 Å². The van der Waals surface area contributed by atoms with E-state index in [0.29, 0.717) is 24.6 Å². The average molecular weight is 291 g/mol. The molecule has 3 rings (SSSR count). The highest BCUT2D eigenvalue weighted by Crippen LogP contribution is 2.36. The first kappa shape index (κ1) is 14.0. The molecule has 1 aliphatic rings. The van der Waals surface area contributed by atoms with E-state index in [1.54, 1.807) is 6.07 Å². The zero-order valence-corrected chi connectivity index (χ0v) is 11.9. The fourth-order valence-corrected chi connectivity index (χ4v) is 2.46. The molecule has 0 amide bonds. The second-order valence-electron chi connectivity index (χ2n) is 5.49. The maximum absolute atomic E-state index is 13.6. The molecule has 0 bridgehead atoms. The Bertz CT molecular complexity index is 638. The minimum Gasteiger partial charge on any atom is -0.494 e. The minimum absolute atomic E-state index is 0.244. The van der Waals surface area contributed by atoms with Crippen LogP contribution in [-0.2, 0) is 18.4 Å². The number of aromatic nitrogens is 2. The second-order valence-corrected chi connectivity index (χ2v) is 5.49. The Morgan fingerprint density at radius 2 is 2.19 bits per heavy atom. The van der Waals surface area contributed by atoms with Crippen LogP contribution in [0.2, 0.25) is 0 Å². The predicted octanol–water partition coefficient (Wildman–Crippen LogP) is 2.34. The Hall–Kier alpha value is -1.95. The van der Waals surface area contributed by atoms with Gasteiger partial charge in [-0.15, -0.1) is 0 Å². The Balaban J connectivity index is 1.64. The number of hydrogen-bond acceptors (Lipinski definition) is 5. The van der Waals surface area contributed by atoms with Crippen molar-refractivity contribution in [3.63, 3.8) is 0 Å². The molecule has 21 heavy (non-hydrogen) atoms. The highest BCUT2D eigenvalue weighted by molar-refractivity contribution is 5.29. The fraction of sp³-hybridized carbons (Fsp3) is 0.467. The zero-order valence-electron chi connectivity index (χ0n) is 11.9. The summed E-state index contributed by atoms with van der Waals surface area (Å²) in [5.74, 6) is 1.01. The fourth-order valence-electron chi connectivity index (χ4n) is 2.46. The first-order chi connectivity index (χ1) is 10.1. The molecule has 1 heterocycles. The number of hydrogen-bond donors (Lipinski definition) is 1. The van der Waals surface area contributed by atoms with E-state index in [9.17, 15) is 4.39 Å². The van der Waals surface area contributed by atoms with Crippen LogP contribution >= 0.6 is 0 Å². The Kier molecular flexibility index (Phi) is 3.63. The van der Waals surface area contributed by atoms with Crippen LogP contribution in [-0.4, -0.2) is 17.3 Å². The van der Waals surface area contributed by atoms with Gasteiger partial charge in [-0.2, -0.15) is 4.98 Å². The van der Waals surface area contributed by atoms with E-state index in [1.807, 2.05) is 6.07 Å². The van der Waals surface area contributed by atoms with Crippen LogP contribution in [0, 0.1) is 5.82 Å². The molecule has 1 aromatic heterocycles. The van der Waals surface area contributed by atoms with E-state index < -0.39 is 5.54 Å². The lowest BCUT2D eigenvalue weighted by atomic mass is 9.77. The van der Waals surface area contributed by atoms with Gasteiger partial charge in [-0.05, 0) is 43.4 Å². The van der Waals surface area contributed by atoms with Gasteiger partial charge in [0, 0.05) is 6.42 Å². The van der Waals surface area contributed by atoms with Gasteiger partial charge in [-0.1, -0.05) is 11.2 Å². The summed E-state index contributed by atoms with van der Waals surface area (Å²) in [4.78, 5) is 4.35. The smallest absolute Gasteiger partial charge is 0.227 e. The minimum atomic E-state index is -0.409. The van der Waals surface area contributed by atoms with Crippen molar-refractivity contribution in [2.45, 2.75) is 37.6 Å². The molecule has 0 aliphatic heterocycles. The molecular formula is C15H18FN3O2. The van der Waals surface area contributed by atoms with Crippen molar-refractivity contribution in [2.75, 3.05) is 7.11 Å². The number of halogens is 1. The van der Waals surface area contributed by atoms with Gasteiger partial charge in [0.05, 0.1) is 12.6 Å². The molecule has 0 radical (unpaired) electrons. The molecule has 5 nitrogen and oxygen atoms in total. The van der Waals surface area contributed by atoms with E-state index >= 15 is 0 Å². The molecule has 6 heteroatoms. The Labute approximate surface area is 122 Å². The normalized spacial score (nSPS) is 16.5. The van der Waals surface area contributed by atoms with Crippen LogP contribution < -0.4 is 10.5 Å². The van der Waals surface area contributed by atoms with Crippen LogP contribution in [0.5, 0.6) is 5.75 Å². The molecule has 0 unspecified atom stereocenters. The number of nitrogens with two attached hydrogens (primary N) is 1. The third-order valence-corrected chi connectivity index (χ3v) is 4.00. The van der Waals surface area contributed by atoms with E-state index in [4.69, 9.17) is 15.0 Å². The van der Waals surface area contributed by atoms with Crippen LogP contribution in [0.1, 0.15) is 36.5 Å². The van der Waals surface area contributed by atoms with Gasteiger partial charge in [-0.3, -0.25) is 0 Å². The SMILES string of the molecule is COc1ccc(CCc2nc(C3(N)CCC3)no2)cc1F. The molecule has 0 saturated heterocycles. The maximum atomic E-state index is 13.6. The molecule has 0 atom stereocenters. The molecular weight excluding hydrogens is 273 g/mol. The molecule has 2 N–H and O–H groups in total. The monoisotopic (exact) mass is 291 g/mol. The summed E-state index contributed by atoms with van der Waals surface area (Å²) < 4.78 is 23.7. The van der Waals surface area contributed by atoms with Gasteiger partial charge in [0.2, 0.25) is 5.89 Å². The molecule has 112 valence electrons. The van der Waals surface area contributed by atoms with Crippen molar-refractivity contribution in [1.29, 1.82) is 0 Å². The van der Waals surface area contributed by atoms with Crippen LogP contribution in [0.3, 0.4) is 0 Å². The molecule has 2 aromatic rings. The lowest BCUT2D eigenvalue weighted by Gasteiger charge is -2.34. The molecule has 1 saturated carbocycles. The van der Waals surface area contributed by atoms with Gasteiger partial charge < -0.3 is 15.0 Å². The van der Waals surface area contributed by atoms with Gasteiger partial charge in [0.25, 0.3) is 0 Å². The second kappa shape index (κ2) is 5.44. The summed E-state index contributed by atoms with van der Waals surface area (Å²) in [6.07, 6.45) is 4.09. The van der Waals surface area contributed by atoms with Crippen molar-refractivity contribution in [3.8, 4) is 5.75 Å². The van der Waals surface area contributed by atoms with E-state index in [1.165, 1.54) is 13.2 Å². The average Bonchev–Trinajstić information content (AvgIpc) is 2.92. The van der Waals surface area contributed by atoms with Crippen molar-refractivity contribution in [3.05, 3.63) is 41.3 Å². The van der Waals surface area contributed by atoms with Crippen molar-refractivity contribution in [2.24, 2.45) is 5.73 Å². The lowest BCUT2D eigenvalue weighted by Crippen LogP contribution is -2.44. The molecule has 1 aromatic carbocycles. The van der Waals surface area contributed by atoms with Gasteiger partial charge in [0.1, 0.15) is 0 Å². The van der Waals surface area contributed by atoms with Crippen LogP contribution in [0.4, 0.5) is 4.39 Å². The summed E-state index contributed by atoms with van der Waals surface area (Å²) in [5.41, 5.74) is 6.60. The first-order valence-corrected chi connectivity index (χ1v) is 7.05. The number of ether oxygens (including phenoxy) is 1. The third kappa shape index (κ3) is 2.76. The summed E-state index contributed by atoms with van der Waals surface area (Å²) >= 11 is 0. The van der Waals surface area contributed by atoms with Gasteiger partial charge >= 0.3 is 0 Å². The van der Waals surface area contributed by atoms with Crippen molar-refractivity contribution < 1.29 is 13.7 Å². The Morgan fingerprint density at radius 1 is 1.38 bits per heavy atom. The van der Waals surface area contributed by atoms with E-state index in [-0.39, 0.29) is 11.6 Å². The highest BCUT2D eigenvalue weighted by atomic mass is 19.1. The summed E-state index contributed by atoms with van der Waals surface area (Å²) in [6, 6.07) is 4.91. The number of methoxy groups -OCH3 is 1. The predicted molar refractivity (Wildman–Crippen MR) is 74.4 cm³/mol. The standard InChI is InChI=1S/C15H18FN3O2/c1-20-12-5-3-10(9-11(12)16)4-6-13-18-14(19-21-13)15(17)7-2-8-15/h3,5,9H,2,4,6-8,17H2,1H3. The van der Waals surface area contributed by atoms with Crippen molar-refractivity contribution in [1.82, 2.24) is 10.1 Å². The summed E-state index contributed by atoms with van der Waals surface area (Å²) in [6.45, 7) is 0. The highest BCUT2D eigenvalue weighted by Gasteiger charge is 2.38. The number of rotatable bonds is 5. The third-order valence-electron chi connectivity index (χ3n) is 4.00. The zero-order chi connectivity index (χ0) is 14.9. The number of nitrogens with zero attached hydrogens (tertiary/aromatic N) is 2. The topological polar surface area (TPSA) is 74.2 Å².